The van der Waals surface area contributed by atoms with E-state index in [0.717, 1.165) is 27.3 Å². The van der Waals surface area contributed by atoms with Crippen LogP contribution in [0.4, 0.5) is 0 Å². The lowest BCUT2D eigenvalue weighted by molar-refractivity contribution is 1.39. The van der Waals surface area contributed by atoms with Gasteiger partial charge < -0.3 is 0 Å². The van der Waals surface area contributed by atoms with Crippen molar-refractivity contribution in [3.63, 3.8) is 0 Å². The Morgan fingerprint density at radius 1 is 0.417 bits per heavy atom. The van der Waals surface area contributed by atoms with Crippen LogP contribution in [0.3, 0.4) is 0 Å². The quantitative estimate of drug-likeness (QED) is 0.377. The Balaban J connectivity index is 0.000000129. The van der Waals surface area contributed by atoms with Gasteiger partial charge in [0, 0.05) is 34.7 Å². The molecule has 5 aromatic rings. The van der Waals surface area contributed by atoms with E-state index < -0.39 is 0 Å². The molecule has 0 spiro atoms. The minimum Gasteiger partial charge on any atom is -0.256 e. The van der Waals surface area contributed by atoms with Crippen LogP contribution in [-0.4, -0.2) is 15.0 Å². The molecule has 3 heteroatoms. The molecule has 0 saturated carbocycles. The van der Waals surface area contributed by atoms with Crippen molar-refractivity contribution < 1.29 is 0 Å². The largest absolute Gasteiger partial charge is 0.256 e. The van der Waals surface area contributed by atoms with Crippen LogP contribution >= 0.6 is 0 Å². The summed E-state index contributed by atoms with van der Waals surface area (Å²) in [6.45, 7) is 0. The molecular formula is C21H15N3. The molecule has 3 aromatic heterocycles. The van der Waals surface area contributed by atoms with Crippen LogP contribution in [0.15, 0.2) is 91.4 Å². The lowest BCUT2D eigenvalue weighted by atomic mass is 10.1. The van der Waals surface area contributed by atoms with Crippen LogP contribution in [0.1, 0.15) is 0 Å². The van der Waals surface area contributed by atoms with Gasteiger partial charge in [-0.2, -0.15) is 0 Å². The fourth-order valence-electron chi connectivity index (χ4n) is 2.73. The molecule has 3 heterocycles. The highest BCUT2D eigenvalue weighted by molar-refractivity contribution is 6.04. The number of aromatic nitrogens is 3. The van der Waals surface area contributed by atoms with Gasteiger partial charge in [-0.25, -0.2) is 0 Å². The van der Waals surface area contributed by atoms with Gasteiger partial charge in [0.2, 0.25) is 0 Å². The second-order valence-corrected chi connectivity index (χ2v) is 5.40. The smallest absolute Gasteiger partial charge is 0.0709 e. The number of benzene rings is 2. The summed E-state index contributed by atoms with van der Waals surface area (Å²) in [6.07, 6.45) is 5.43. The Bertz CT molecular complexity index is 999. The van der Waals surface area contributed by atoms with Gasteiger partial charge in [0.25, 0.3) is 0 Å². The highest BCUT2D eigenvalue weighted by Gasteiger charge is 1.99. The first-order valence-corrected chi connectivity index (χ1v) is 7.80. The van der Waals surface area contributed by atoms with Crippen molar-refractivity contribution in [2.24, 2.45) is 0 Å². The van der Waals surface area contributed by atoms with Crippen LogP contribution in [0.25, 0.3) is 32.7 Å². The third kappa shape index (κ3) is 2.79. The first-order valence-electron chi connectivity index (χ1n) is 7.80. The van der Waals surface area contributed by atoms with Gasteiger partial charge >= 0.3 is 0 Å². The summed E-state index contributed by atoms with van der Waals surface area (Å²) >= 11 is 0. The predicted octanol–water partition coefficient (Wildman–Crippen LogP) is 5.02. The Morgan fingerprint density at radius 2 is 0.917 bits per heavy atom. The zero-order valence-electron chi connectivity index (χ0n) is 13.0. The summed E-state index contributed by atoms with van der Waals surface area (Å²) in [4.78, 5) is 12.8. The molecule has 0 unspecified atom stereocenters. The Kier molecular flexibility index (Phi) is 3.82. The highest BCUT2D eigenvalue weighted by atomic mass is 14.7. The molecule has 0 aliphatic rings. The number of pyridine rings is 3. The molecule has 0 bridgehead atoms. The zero-order chi connectivity index (χ0) is 16.2. The minimum atomic E-state index is 1.02. The molecule has 0 aliphatic heterocycles. The highest BCUT2D eigenvalue weighted by Crippen LogP contribution is 2.21. The van der Waals surface area contributed by atoms with Crippen molar-refractivity contribution in [1.29, 1.82) is 0 Å². The molecular weight excluding hydrogens is 294 g/mol. The van der Waals surface area contributed by atoms with E-state index in [2.05, 4.69) is 39.2 Å². The molecule has 0 amide bonds. The molecule has 0 radical (unpaired) electrons. The average Bonchev–Trinajstić information content (AvgIpc) is 2.68. The van der Waals surface area contributed by atoms with Gasteiger partial charge in [0.15, 0.2) is 0 Å². The zero-order valence-corrected chi connectivity index (χ0v) is 13.0. The van der Waals surface area contributed by atoms with Crippen molar-refractivity contribution in [1.82, 2.24) is 15.0 Å². The third-order valence-corrected chi connectivity index (χ3v) is 3.88. The minimum absolute atomic E-state index is 1.02. The molecule has 0 fully saturated rings. The molecule has 0 saturated heterocycles. The first-order chi connectivity index (χ1) is 11.9. The Morgan fingerprint density at radius 3 is 1.54 bits per heavy atom. The molecule has 24 heavy (non-hydrogen) atoms. The van der Waals surface area contributed by atoms with Gasteiger partial charge in [-0.3, -0.25) is 15.0 Å². The maximum Gasteiger partial charge on any atom is 0.0709 e. The van der Waals surface area contributed by atoms with Gasteiger partial charge in [0.05, 0.1) is 16.6 Å². The molecule has 114 valence electrons. The Labute approximate surface area is 139 Å². The van der Waals surface area contributed by atoms with Crippen molar-refractivity contribution in [2.75, 3.05) is 0 Å². The summed E-state index contributed by atoms with van der Waals surface area (Å²) in [5, 5.41) is 3.53. The van der Waals surface area contributed by atoms with Gasteiger partial charge in [-0.05, 0) is 36.4 Å². The molecule has 3 nitrogen and oxygen atoms in total. The lowest BCUT2D eigenvalue weighted by Gasteiger charge is -2.00. The monoisotopic (exact) mass is 309 g/mol. The number of hydrogen-bond acceptors (Lipinski definition) is 3. The van der Waals surface area contributed by atoms with Crippen molar-refractivity contribution in [3.05, 3.63) is 91.4 Å². The molecule has 5 rings (SSSR count). The van der Waals surface area contributed by atoms with Crippen LogP contribution in [-0.2, 0) is 0 Å². The summed E-state index contributed by atoms with van der Waals surface area (Å²) in [5.74, 6) is 0. The van der Waals surface area contributed by atoms with E-state index in [1.54, 1.807) is 0 Å². The number of nitrogens with zero attached hydrogens (tertiary/aromatic N) is 3. The van der Waals surface area contributed by atoms with E-state index in [9.17, 15) is 0 Å². The van der Waals surface area contributed by atoms with Crippen molar-refractivity contribution >= 4 is 32.7 Å². The van der Waals surface area contributed by atoms with Crippen LogP contribution in [0.2, 0.25) is 0 Å². The van der Waals surface area contributed by atoms with Crippen LogP contribution in [0.5, 0.6) is 0 Å². The maximum absolute atomic E-state index is 4.30. The number of hydrogen-bond donors (Lipinski definition) is 0. The fraction of sp³-hybridized carbons (Fsp3) is 0. The molecule has 0 aliphatic carbocycles. The van der Waals surface area contributed by atoms with Gasteiger partial charge in [0.1, 0.15) is 0 Å². The van der Waals surface area contributed by atoms with E-state index in [-0.39, 0.29) is 0 Å². The number of para-hydroxylation sites is 1. The van der Waals surface area contributed by atoms with E-state index >= 15 is 0 Å². The van der Waals surface area contributed by atoms with E-state index in [1.165, 1.54) is 5.39 Å². The van der Waals surface area contributed by atoms with Crippen molar-refractivity contribution in [3.8, 4) is 0 Å². The summed E-state index contributed by atoms with van der Waals surface area (Å²) in [7, 11) is 0. The standard InChI is InChI=1S/C12H8N2.C9H7N/c1-3-9-10-4-2-8-14-12(10)6-5-11(9)13-7-1;1-2-6-9-8(4-1)5-3-7-10-9/h1-8H;1-7H. The average molecular weight is 309 g/mol. The third-order valence-electron chi connectivity index (χ3n) is 3.88. The maximum atomic E-state index is 4.30. The SMILES string of the molecule is c1ccc2ncccc2c1.c1cnc2ccc3ncccc3c2c1. The number of rotatable bonds is 0. The molecule has 0 atom stereocenters. The van der Waals surface area contributed by atoms with E-state index in [0.29, 0.717) is 0 Å². The summed E-state index contributed by atoms with van der Waals surface area (Å²) in [6, 6.07) is 24.2. The van der Waals surface area contributed by atoms with E-state index in [1.807, 2.05) is 67.1 Å². The second-order valence-electron chi connectivity index (χ2n) is 5.40. The fourth-order valence-corrected chi connectivity index (χ4v) is 2.73. The predicted molar refractivity (Wildman–Crippen MR) is 98.8 cm³/mol. The normalized spacial score (nSPS) is 10.5. The first kappa shape index (κ1) is 14.3. The van der Waals surface area contributed by atoms with E-state index in [4.69, 9.17) is 0 Å². The van der Waals surface area contributed by atoms with Crippen molar-refractivity contribution in [2.45, 2.75) is 0 Å². The van der Waals surface area contributed by atoms with Crippen LogP contribution in [0, 0.1) is 0 Å². The number of fused-ring (bicyclic) bond motifs is 4. The topological polar surface area (TPSA) is 38.7 Å². The van der Waals surface area contributed by atoms with Gasteiger partial charge in [-0.15, -0.1) is 0 Å². The van der Waals surface area contributed by atoms with Crippen LogP contribution < -0.4 is 0 Å². The second kappa shape index (κ2) is 6.42. The molecule has 2 aromatic carbocycles. The van der Waals surface area contributed by atoms with Gasteiger partial charge in [-0.1, -0.05) is 36.4 Å². The Hall–Kier alpha value is -3.33. The summed E-state index contributed by atoms with van der Waals surface area (Å²) in [5.41, 5.74) is 3.10. The molecule has 0 N–H and O–H groups in total. The lowest BCUT2D eigenvalue weighted by Crippen LogP contribution is -1.81. The summed E-state index contributed by atoms with van der Waals surface area (Å²) < 4.78 is 0.